The Bertz CT molecular complexity index is 1010. The first-order valence-electron chi connectivity index (χ1n) is 10.2. The second-order valence-electron chi connectivity index (χ2n) is 7.16. The zero-order valence-electron chi connectivity index (χ0n) is 17.9. The van der Waals surface area contributed by atoms with Gasteiger partial charge in [0.05, 0.1) is 25.8 Å². The van der Waals surface area contributed by atoms with Crippen molar-refractivity contribution >= 4 is 29.5 Å². The summed E-state index contributed by atoms with van der Waals surface area (Å²) < 4.78 is 10.1. The SMILES string of the molecule is CCOC(=O)c1cccc(NC(=O)CC[C@@H]2NC(=O)N(Cc3ccc(OC)cc3)C2=O)c1. The van der Waals surface area contributed by atoms with Gasteiger partial charge in [-0.15, -0.1) is 0 Å². The molecule has 1 saturated heterocycles. The Balaban J connectivity index is 1.52. The van der Waals surface area contributed by atoms with Crippen LogP contribution in [0.2, 0.25) is 0 Å². The predicted molar refractivity (Wildman–Crippen MR) is 116 cm³/mol. The van der Waals surface area contributed by atoms with Gasteiger partial charge in [0.25, 0.3) is 5.91 Å². The second kappa shape index (κ2) is 10.4. The van der Waals surface area contributed by atoms with Gasteiger partial charge < -0.3 is 20.1 Å². The summed E-state index contributed by atoms with van der Waals surface area (Å²) in [6.45, 7) is 2.11. The summed E-state index contributed by atoms with van der Waals surface area (Å²) in [6.07, 6.45) is 0.184. The minimum Gasteiger partial charge on any atom is -0.497 e. The lowest BCUT2D eigenvalue weighted by atomic mass is 10.1. The van der Waals surface area contributed by atoms with Gasteiger partial charge in [-0.3, -0.25) is 14.5 Å². The average molecular weight is 439 g/mol. The first-order chi connectivity index (χ1) is 15.4. The van der Waals surface area contributed by atoms with Crippen LogP contribution in [0.4, 0.5) is 10.5 Å². The van der Waals surface area contributed by atoms with Crippen LogP contribution in [0.15, 0.2) is 48.5 Å². The lowest BCUT2D eigenvalue weighted by molar-refractivity contribution is -0.128. The molecule has 4 amide bonds. The Hall–Kier alpha value is -3.88. The number of rotatable bonds is 9. The van der Waals surface area contributed by atoms with Gasteiger partial charge in [0.1, 0.15) is 11.8 Å². The van der Waals surface area contributed by atoms with Crippen molar-refractivity contribution in [1.29, 1.82) is 0 Å². The fraction of sp³-hybridized carbons (Fsp3) is 0.304. The number of nitrogens with one attached hydrogen (secondary N) is 2. The van der Waals surface area contributed by atoms with E-state index in [9.17, 15) is 19.2 Å². The topological polar surface area (TPSA) is 114 Å². The van der Waals surface area contributed by atoms with E-state index < -0.39 is 18.0 Å². The number of hydrogen-bond donors (Lipinski definition) is 2. The third kappa shape index (κ3) is 5.63. The molecule has 1 heterocycles. The van der Waals surface area contributed by atoms with Crippen molar-refractivity contribution in [2.75, 3.05) is 19.0 Å². The van der Waals surface area contributed by atoms with E-state index in [1.807, 2.05) is 0 Å². The Morgan fingerprint density at radius 2 is 1.88 bits per heavy atom. The van der Waals surface area contributed by atoms with Crippen LogP contribution >= 0.6 is 0 Å². The Morgan fingerprint density at radius 3 is 2.56 bits per heavy atom. The summed E-state index contributed by atoms with van der Waals surface area (Å²) in [5.74, 6) is -0.493. The molecule has 1 atom stereocenters. The zero-order valence-corrected chi connectivity index (χ0v) is 17.9. The van der Waals surface area contributed by atoms with Gasteiger partial charge in [0.2, 0.25) is 5.91 Å². The smallest absolute Gasteiger partial charge is 0.338 e. The number of hydrogen-bond acceptors (Lipinski definition) is 6. The number of esters is 1. The molecule has 2 N–H and O–H groups in total. The number of amides is 4. The minimum absolute atomic E-state index is 0.0245. The van der Waals surface area contributed by atoms with Gasteiger partial charge in [-0.1, -0.05) is 18.2 Å². The third-order valence-electron chi connectivity index (χ3n) is 4.92. The van der Waals surface area contributed by atoms with Crippen molar-refractivity contribution in [2.24, 2.45) is 0 Å². The van der Waals surface area contributed by atoms with Crippen LogP contribution in [0.25, 0.3) is 0 Å². The van der Waals surface area contributed by atoms with E-state index >= 15 is 0 Å². The van der Waals surface area contributed by atoms with Gasteiger partial charge >= 0.3 is 12.0 Å². The molecule has 168 valence electrons. The molecular weight excluding hydrogens is 414 g/mol. The normalized spacial score (nSPS) is 15.3. The Kier molecular flexibility index (Phi) is 7.43. The van der Waals surface area contributed by atoms with E-state index in [2.05, 4.69) is 10.6 Å². The first kappa shape index (κ1) is 22.8. The lowest BCUT2D eigenvalue weighted by Crippen LogP contribution is -2.31. The van der Waals surface area contributed by atoms with Crippen molar-refractivity contribution in [3.63, 3.8) is 0 Å². The summed E-state index contributed by atoms with van der Waals surface area (Å²) in [4.78, 5) is 50.1. The monoisotopic (exact) mass is 439 g/mol. The molecule has 1 aliphatic rings. The fourth-order valence-electron chi connectivity index (χ4n) is 3.27. The van der Waals surface area contributed by atoms with E-state index in [1.165, 1.54) is 6.07 Å². The van der Waals surface area contributed by atoms with Gasteiger partial charge in [-0.2, -0.15) is 0 Å². The second-order valence-corrected chi connectivity index (χ2v) is 7.16. The zero-order chi connectivity index (χ0) is 23.1. The standard InChI is InChI=1S/C23H25N3O6/c1-3-32-22(29)16-5-4-6-17(13-16)24-20(27)12-11-19-21(28)26(23(30)25-19)14-15-7-9-18(31-2)10-8-15/h4-10,13,19H,3,11-12,14H2,1-2H3,(H,24,27)(H,25,30)/t19-/m0/s1. The van der Waals surface area contributed by atoms with E-state index in [0.717, 1.165) is 10.5 Å². The molecule has 0 unspecified atom stereocenters. The van der Waals surface area contributed by atoms with Crippen molar-refractivity contribution in [3.05, 3.63) is 59.7 Å². The molecule has 1 aliphatic heterocycles. The van der Waals surface area contributed by atoms with Crippen LogP contribution in [0.3, 0.4) is 0 Å². The maximum Gasteiger partial charge on any atom is 0.338 e. The minimum atomic E-state index is -0.766. The van der Waals surface area contributed by atoms with Crippen molar-refractivity contribution in [3.8, 4) is 5.75 Å². The number of urea groups is 1. The summed E-state index contributed by atoms with van der Waals surface area (Å²) >= 11 is 0. The number of anilines is 1. The molecule has 0 radical (unpaired) electrons. The van der Waals surface area contributed by atoms with E-state index in [4.69, 9.17) is 9.47 Å². The molecule has 0 saturated carbocycles. The first-order valence-corrected chi connectivity index (χ1v) is 10.2. The van der Waals surface area contributed by atoms with Crippen LogP contribution in [0, 0.1) is 0 Å². The summed E-state index contributed by atoms with van der Waals surface area (Å²) in [5, 5.41) is 5.32. The molecule has 0 spiro atoms. The van der Waals surface area contributed by atoms with Gasteiger partial charge in [0.15, 0.2) is 0 Å². The highest BCUT2D eigenvalue weighted by Crippen LogP contribution is 2.18. The average Bonchev–Trinajstić information content (AvgIpc) is 3.06. The molecule has 3 rings (SSSR count). The highest BCUT2D eigenvalue weighted by atomic mass is 16.5. The number of carbonyl (C=O) groups is 4. The van der Waals surface area contributed by atoms with Crippen LogP contribution in [-0.4, -0.2) is 48.5 Å². The van der Waals surface area contributed by atoms with E-state index in [0.29, 0.717) is 17.0 Å². The number of methoxy groups -OCH3 is 1. The molecule has 2 aromatic rings. The summed E-state index contributed by atoms with van der Waals surface area (Å²) in [6, 6.07) is 12.2. The van der Waals surface area contributed by atoms with Crippen LogP contribution in [-0.2, 0) is 20.9 Å². The number of benzene rings is 2. The molecule has 0 aromatic heterocycles. The molecular formula is C23H25N3O6. The van der Waals surface area contributed by atoms with E-state index in [-0.39, 0.29) is 37.8 Å². The Labute approximate surface area is 185 Å². The molecule has 1 fully saturated rings. The molecule has 0 aliphatic carbocycles. The highest BCUT2D eigenvalue weighted by molar-refractivity contribution is 6.04. The summed E-state index contributed by atoms with van der Waals surface area (Å²) in [7, 11) is 1.56. The molecule has 32 heavy (non-hydrogen) atoms. The molecule has 2 aromatic carbocycles. The molecule has 9 nitrogen and oxygen atoms in total. The van der Waals surface area contributed by atoms with Gasteiger partial charge in [-0.05, 0) is 49.2 Å². The highest BCUT2D eigenvalue weighted by Gasteiger charge is 2.37. The number of imide groups is 1. The van der Waals surface area contributed by atoms with Crippen molar-refractivity contribution in [2.45, 2.75) is 32.4 Å². The quantitative estimate of drug-likeness (QED) is 0.459. The molecule has 9 heteroatoms. The number of carbonyl (C=O) groups excluding carboxylic acids is 4. The maximum absolute atomic E-state index is 12.6. The Morgan fingerprint density at radius 1 is 1.12 bits per heavy atom. The van der Waals surface area contributed by atoms with E-state index in [1.54, 1.807) is 56.5 Å². The van der Waals surface area contributed by atoms with Crippen molar-refractivity contribution < 1.29 is 28.7 Å². The summed E-state index contributed by atoms with van der Waals surface area (Å²) in [5.41, 5.74) is 1.56. The van der Waals surface area contributed by atoms with Crippen LogP contribution in [0.5, 0.6) is 5.75 Å². The number of nitrogens with zero attached hydrogens (tertiary/aromatic N) is 1. The fourth-order valence-corrected chi connectivity index (χ4v) is 3.27. The van der Waals surface area contributed by atoms with Gasteiger partial charge in [-0.25, -0.2) is 9.59 Å². The number of ether oxygens (including phenoxy) is 2. The van der Waals surface area contributed by atoms with Crippen molar-refractivity contribution in [1.82, 2.24) is 10.2 Å². The maximum atomic E-state index is 12.6. The van der Waals surface area contributed by atoms with Crippen LogP contribution in [0.1, 0.15) is 35.7 Å². The van der Waals surface area contributed by atoms with Gasteiger partial charge in [0, 0.05) is 12.1 Å². The molecule has 0 bridgehead atoms. The largest absolute Gasteiger partial charge is 0.497 e. The van der Waals surface area contributed by atoms with Crippen LogP contribution < -0.4 is 15.4 Å². The lowest BCUT2D eigenvalue weighted by Gasteiger charge is -2.13. The predicted octanol–water partition coefficient (Wildman–Crippen LogP) is 2.71. The third-order valence-corrected chi connectivity index (χ3v) is 4.92.